The molecule has 2 heterocycles. The maximum absolute atomic E-state index is 2.45. The first-order valence-electron chi connectivity index (χ1n) is 22.4. The largest absolute Gasteiger partial charge is 0.308 e. The van der Waals surface area contributed by atoms with Gasteiger partial charge in [0.1, 0.15) is 0 Å². The first-order chi connectivity index (χ1) is 32.7. The number of benzene rings is 11. The molecule has 2 aliphatic rings. The second kappa shape index (κ2) is 16.0. The number of hydrogen-bond acceptors (Lipinski definition) is 4. The van der Waals surface area contributed by atoms with E-state index in [-0.39, 0.29) is 0 Å². The van der Waals surface area contributed by atoms with E-state index in [1.165, 1.54) is 108 Å². The van der Waals surface area contributed by atoms with E-state index >= 15 is 0 Å². The van der Waals surface area contributed by atoms with Crippen molar-refractivity contribution in [1.29, 1.82) is 0 Å². The molecule has 0 unspecified atom stereocenters. The molecule has 310 valence electrons. The summed E-state index contributed by atoms with van der Waals surface area (Å²) in [5.74, 6) is 0. The highest BCUT2D eigenvalue weighted by atomic mass is 32.2. The van der Waals surface area contributed by atoms with Crippen molar-refractivity contribution >= 4 is 79.2 Å². The van der Waals surface area contributed by atoms with Crippen LogP contribution in [0.5, 0.6) is 0 Å². The van der Waals surface area contributed by atoms with Gasteiger partial charge < -0.3 is 9.80 Å². The summed E-state index contributed by atoms with van der Waals surface area (Å²) in [6, 6.07) is 89.3. The molecule has 11 aromatic carbocycles. The lowest BCUT2D eigenvalue weighted by atomic mass is 9.84. The minimum Gasteiger partial charge on any atom is -0.308 e. The second-order valence-electron chi connectivity index (χ2n) is 16.8. The van der Waals surface area contributed by atoms with Crippen LogP contribution < -0.4 is 9.80 Å². The fourth-order valence-electron chi connectivity index (χ4n) is 9.99. The van der Waals surface area contributed by atoms with Crippen LogP contribution in [0.15, 0.2) is 262 Å². The molecule has 2 aliphatic heterocycles. The average Bonchev–Trinajstić information content (AvgIpc) is 3.39. The smallest absolute Gasteiger partial charge is 0.0601 e. The van der Waals surface area contributed by atoms with Gasteiger partial charge in [-0.05, 0) is 139 Å². The SMILES string of the molecule is c1ccc(-c2ccc(-c3c4ccc(N5c6ccccc6Sc6ccccc65)cc4c(-c4ccc(-c5ccccc5)cc4)c4ccc(N5c6ccccc6Sc6ccccc65)cc34)cc2)cc1. The predicted molar refractivity (Wildman–Crippen MR) is 281 cm³/mol. The van der Waals surface area contributed by atoms with Gasteiger partial charge in [-0.2, -0.15) is 0 Å². The molecule has 66 heavy (non-hydrogen) atoms. The third-order valence-corrected chi connectivity index (χ3v) is 15.3. The van der Waals surface area contributed by atoms with Gasteiger partial charge in [0.25, 0.3) is 0 Å². The Bertz CT molecular complexity index is 3310. The van der Waals surface area contributed by atoms with E-state index in [1.807, 2.05) is 23.5 Å². The summed E-state index contributed by atoms with van der Waals surface area (Å²) < 4.78 is 0. The lowest BCUT2D eigenvalue weighted by Crippen LogP contribution is -2.15. The Hall–Kier alpha value is -7.76. The van der Waals surface area contributed by atoms with Gasteiger partial charge in [0.15, 0.2) is 0 Å². The molecule has 0 bridgehead atoms. The lowest BCUT2D eigenvalue weighted by Gasteiger charge is -2.34. The van der Waals surface area contributed by atoms with Gasteiger partial charge in [0.05, 0.1) is 22.7 Å². The first-order valence-corrected chi connectivity index (χ1v) is 24.0. The minimum atomic E-state index is 1.13. The number of rotatable bonds is 6. The van der Waals surface area contributed by atoms with Gasteiger partial charge in [-0.15, -0.1) is 0 Å². The summed E-state index contributed by atoms with van der Waals surface area (Å²) in [5.41, 5.74) is 16.6. The van der Waals surface area contributed by atoms with Gasteiger partial charge in [-0.1, -0.05) is 193 Å². The fraction of sp³-hybridized carbons (Fsp3) is 0. The molecule has 0 fully saturated rings. The molecule has 0 spiro atoms. The predicted octanol–water partition coefficient (Wildman–Crippen LogP) is 18.5. The highest BCUT2D eigenvalue weighted by Crippen LogP contribution is 2.55. The zero-order chi connectivity index (χ0) is 43.6. The van der Waals surface area contributed by atoms with Crippen molar-refractivity contribution in [3.05, 3.63) is 243 Å². The molecule has 2 nitrogen and oxygen atoms in total. The van der Waals surface area contributed by atoms with E-state index in [0.29, 0.717) is 0 Å². The van der Waals surface area contributed by atoms with Crippen molar-refractivity contribution in [1.82, 2.24) is 0 Å². The Balaban J connectivity index is 1.11. The van der Waals surface area contributed by atoms with Crippen molar-refractivity contribution in [2.24, 2.45) is 0 Å². The summed E-state index contributed by atoms with van der Waals surface area (Å²) >= 11 is 3.69. The van der Waals surface area contributed by atoms with Crippen LogP contribution in [0.3, 0.4) is 0 Å². The number of nitrogens with zero attached hydrogens (tertiary/aromatic N) is 2. The van der Waals surface area contributed by atoms with Crippen molar-refractivity contribution in [2.75, 3.05) is 9.80 Å². The Kier molecular flexibility index (Phi) is 9.40. The van der Waals surface area contributed by atoms with E-state index in [0.717, 1.165) is 11.4 Å². The van der Waals surface area contributed by atoms with Gasteiger partial charge in [0, 0.05) is 31.0 Å². The number of hydrogen-bond donors (Lipinski definition) is 0. The molecular weight excluding hydrogens is 837 g/mol. The Morgan fingerprint density at radius 2 is 0.515 bits per heavy atom. The topological polar surface area (TPSA) is 6.48 Å². The maximum atomic E-state index is 2.45. The zero-order valence-electron chi connectivity index (χ0n) is 35.8. The summed E-state index contributed by atoms with van der Waals surface area (Å²) in [7, 11) is 0. The Morgan fingerprint density at radius 3 is 0.864 bits per heavy atom. The van der Waals surface area contributed by atoms with Crippen LogP contribution >= 0.6 is 23.5 Å². The molecule has 0 N–H and O–H groups in total. The summed E-state index contributed by atoms with van der Waals surface area (Å²) in [5, 5.41) is 4.84. The fourth-order valence-corrected chi connectivity index (χ4v) is 12.1. The van der Waals surface area contributed by atoms with E-state index in [1.54, 1.807) is 0 Å². The monoisotopic (exact) mass is 876 g/mol. The molecule has 0 saturated carbocycles. The first kappa shape index (κ1) is 38.7. The van der Waals surface area contributed by atoms with Crippen LogP contribution in [-0.2, 0) is 0 Å². The van der Waals surface area contributed by atoms with E-state index < -0.39 is 0 Å². The number of fused-ring (bicyclic) bond motifs is 6. The van der Waals surface area contributed by atoms with Crippen LogP contribution in [0.2, 0.25) is 0 Å². The molecule has 0 saturated heterocycles. The molecular formula is C62H40N2S2. The summed E-state index contributed by atoms with van der Waals surface area (Å²) in [6.07, 6.45) is 0. The van der Waals surface area contributed by atoms with E-state index in [4.69, 9.17) is 0 Å². The van der Waals surface area contributed by atoms with E-state index in [9.17, 15) is 0 Å². The second-order valence-corrected chi connectivity index (χ2v) is 19.0. The molecule has 0 aromatic heterocycles. The Labute approximate surface area is 393 Å². The van der Waals surface area contributed by atoms with Gasteiger partial charge in [0.2, 0.25) is 0 Å². The molecule has 0 radical (unpaired) electrons. The van der Waals surface area contributed by atoms with Crippen molar-refractivity contribution in [2.45, 2.75) is 19.6 Å². The Morgan fingerprint density at radius 1 is 0.227 bits per heavy atom. The summed E-state index contributed by atoms with van der Waals surface area (Å²) in [6.45, 7) is 0. The minimum absolute atomic E-state index is 1.13. The third-order valence-electron chi connectivity index (χ3n) is 13.0. The van der Waals surface area contributed by atoms with E-state index in [2.05, 4.69) is 252 Å². The molecule has 0 amide bonds. The van der Waals surface area contributed by atoms with Gasteiger partial charge >= 0.3 is 0 Å². The van der Waals surface area contributed by atoms with Crippen LogP contribution in [0, 0.1) is 0 Å². The van der Waals surface area contributed by atoms with Crippen LogP contribution in [0.25, 0.3) is 66.1 Å². The molecule has 11 aromatic rings. The van der Waals surface area contributed by atoms with Crippen molar-refractivity contribution in [3.63, 3.8) is 0 Å². The normalized spacial score (nSPS) is 12.7. The highest BCUT2D eigenvalue weighted by molar-refractivity contribution is 8.00. The van der Waals surface area contributed by atoms with Crippen LogP contribution in [0.4, 0.5) is 34.1 Å². The molecule has 13 rings (SSSR count). The quantitative estimate of drug-likeness (QED) is 0.154. The highest BCUT2D eigenvalue weighted by Gasteiger charge is 2.28. The molecule has 0 aliphatic carbocycles. The van der Waals surface area contributed by atoms with Crippen molar-refractivity contribution < 1.29 is 0 Å². The molecule has 4 heteroatoms. The number of para-hydroxylation sites is 4. The van der Waals surface area contributed by atoms with Gasteiger partial charge in [-0.3, -0.25) is 0 Å². The zero-order valence-corrected chi connectivity index (χ0v) is 37.4. The van der Waals surface area contributed by atoms with Crippen molar-refractivity contribution in [3.8, 4) is 44.5 Å². The third kappa shape index (κ3) is 6.52. The maximum Gasteiger partial charge on any atom is 0.0601 e. The number of anilines is 6. The lowest BCUT2D eigenvalue weighted by molar-refractivity contribution is 1.17. The molecule has 0 atom stereocenters. The van der Waals surface area contributed by atoms with Crippen LogP contribution in [0.1, 0.15) is 0 Å². The summed E-state index contributed by atoms with van der Waals surface area (Å²) in [4.78, 5) is 9.90. The standard InChI is InChI=1S/C62H40N2S2/c1-3-15-41(16-4-1)43-27-31-45(32-28-43)61-49-37-35-48(64-55-21-9-13-25-59(55)66-60-26-14-10-22-56(60)64)40-52(49)62(46-33-29-44(30-34-46)42-17-5-2-6-18-42)50-38-36-47(39-51(50)61)63-53-19-7-11-23-57(53)65-58-24-12-8-20-54(58)63/h1-40H. The average molecular weight is 877 g/mol. The van der Waals surface area contributed by atoms with Gasteiger partial charge in [-0.25, -0.2) is 0 Å². The van der Waals surface area contributed by atoms with Crippen LogP contribution in [-0.4, -0.2) is 0 Å².